The highest BCUT2D eigenvalue weighted by Crippen LogP contribution is 2.19. The molecule has 3 aromatic rings. The first-order chi connectivity index (χ1) is 12.5. The molecule has 0 aliphatic rings. The average molecular weight is 388 g/mol. The molecule has 6 nitrogen and oxygen atoms in total. The summed E-state index contributed by atoms with van der Waals surface area (Å²) in [5.74, 6) is -0.399. The second kappa shape index (κ2) is 8.12. The van der Waals surface area contributed by atoms with Crippen LogP contribution >= 0.6 is 23.2 Å². The van der Waals surface area contributed by atoms with Crippen LogP contribution in [0.5, 0.6) is 0 Å². The fourth-order valence-corrected chi connectivity index (χ4v) is 2.70. The third kappa shape index (κ3) is 4.28. The second-order valence-electron chi connectivity index (χ2n) is 5.49. The van der Waals surface area contributed by atoms with Crippen LogP contribution in [-0.2, 0) is 6.54 Å². The molecule has 1 N–H and O–H groups in total. The molecule has 0 atom stereocenters. The lowest BCUT2D eigenvalue weighted by Gasteiger charge is -2.03. The molecule has 0 unspecified atom stereocenters. The van der Waals surface area contributed by atoms with E-state index in [1.54, 1.807) is 29.1 Å². The third-order valence-electron chi connectivity index (χ3n) is 3.61. The maximum absolute atomic E-state index is 11.9. The molecule has 0 fully saturated rings. The van der Waals surface area contributed by atoms with Crippen molar-refractivity contribution in [2.24, 2.45) is 5.10 Å². The minimum absolute atomic E-state index is 0.283. The number of benzene rings is 1. The molecule has 1 aromatic carbocycles. The highest BCUT2D eigenvalue weighted by atomic mass is 35.5. The summed E-state index contributed by atoms with van der Waals surface area (Å²) in [6.45, 7) is 2.33. The molecule has 8 heteroatoms. The summed E-state index contributed by atoms with van der Waals surface area (Å²) in [6.07, 6.45) is 3.02. The van der Waals surface area contributed by atoms with E-state index in [0.717, 1.165) is 5.56 Å². The van der Waals surface area contributed by atoms with Gasteiger partial charge < -0.3 is 0 Å². The van der Waals surface area contributed by atoms with E-state index in [9.17, 15) is 4.79 Å². The number of amides is 1. The van der Waals surface area contributed by atoms with Crippen molar-refractivity contribution in [3.8, 4) is 0 Å². The number of hydrogen-bond acceptors (Lipinski definition) is 4. The van der Waals surface area contributed by atoms with E-state index in [2.05, 4.69) is 20.6 Å². The van der Waals surface area contributed by atoms with Gasteiger partial charge in [0.05, 0.1) is 24.0 Å². The van der Waals surface area contributed by atoms with E-state index in [1.165, 1.54) is 6.21 Å². The Bertz CT molecular complexity index is 936. The summed E-state index contributed by atoms with van der Waals surface area (Å²) < 4.78 is 1.67. The van der Waals surface area contributed by atoms with Crippen LogP contribution in [0.4, 0.5) is 0 Å². The minimum Gasteiger partial charge on any atom is -0.266 e. The Balaban J connectivity index is 1.71. The van der Waals surface area contributed by atoms with Crippen molar-refractivity contribution in [2.45, 2.75) is 13.5 Å². The standard InChI is InChI=1S/C18H15Cl2N5O/c1-12-15(10-22-23-18(26)16-4-2-3-9-21-16)17(20)25(24-12)11-13-5-7-14(19)8-6-13/h2-10H,11H2,1H3,(H,23,26)/b22-10-. The molecule has 0 aliphatic carbocycles. The van der Waals surface area contributed by atoms with Crippen LogP contribution in [-0.4, -0.2) is 26.9 Å². The van der Waals surface area contributed by atoms with Crippen molar-refractivity contribution in [2.75, 3.05) is 0 Å². The lowest BCUT2D eigenvalue weighted by atomic mass is 10.2. The van der Waals surface area contributed by atoms with Crippen molar-refractivity contribution >= 4 is 35.3 Å². The average Bonchev–Trinajstić information content (AvgIpc) is 2.91. The molecule has 0 aliphatic heterocycles. The van der Waals surface area contributed by atoms with E-state index in [-0.39, 0.29) is 5.69 Å². The van der Waals surface area contributed by atoms with Gasteiger partial charge in [-0.1, -0.05) is 41.4 Å². The number of aromatic nitrogens is 3. The van der Waals surface area contributed by atoms with Crippen LogP contribution in [0, 0.1) is 6.92 Å². The summed E-state index contributed by atoms with van der Waals surface area (Å²) in [5, 5.41) is 9.48. The molecule has 132 valence electrons. The van der Waals surface area contributed by atoms with Crippen LogP contribution < -0.4 is 5.43 Å². The topological polar surface area (TPSA) is 72.2 Å². The molecule has 0 saturated heterocycles. The van der Waals surface area contributed by atoms with E-state index in [0.29, 0.717) is 28.0 Å². The van der Waals surface area contributed by atoms with Gasteiger partial charge in [0.25, 0.3) is 5.91 Å². The molecule has 0 bridgehead atoms. The predicted molar refractivity (Wildman–Crippen MR) is 102 cm³/mol. The van der Waals surface area contributed by atoms with Gasteiger partial charge in [-0.3, -0.25) is 9.78 Å². The first-order valence-corrected chi connectivity index (χ1v) is 8.52. The predicted octanol–water partition coefficient (Wildman–Crippen LogP) is 3.71. The van der Waals surface area contributed by atoms with Gasteiger partial charge in [0.15, 0.2) is 0 Å². The molecular weight excluding hydrogens is 373 g/mol. The van der Waals surface area contributed by atoms with Gasteiger partial charge in [-0.15, -0.1) is 0 Å². The van der Waals surface area contributed by atoms with E-state index in [1.807, 2.05) is 31.2 Å². The fraction of sp³-hybridized carbons (Fsp3) is 0.111. The Morgan fingerprint density at radius 1 is 1.23 bits per heavy atom. The van der Waals surface area contributed by atoms with Gasteiger partial charge in [0.1, 0.15) is 10.8 Å². The number of rotatable bonds is 5. The first kappa shape index (κ1) is 18.1. The van der Waals surface area contributed by atoms with Crippen LogP contribution in [0.2, 0.25) is 10.2 Å². The number of hydrazone groups is 1. The van der Waals surface area contributed by atoms with E-state index in [4.69, 9.17) is 23.2 Å². The number of carbonyl (C=O) groups excluding carboxylic acids is 1. The molecule has 0 spiro atoms. The third-order valence-corrected chi connectivity index (χ3v) is 4.26. The molecule has 3 rings (SSSR count). The Kier molecular flexibility index (Phi) is 5.65. The largest absolute Gasteiger partial charge is 0.289 e. The van der Waals surface area contributed by atoms with E-state index >= 15 is 0 Å². The van der Waals surface area contributed by atoms with Crippen molar-refractivity contribution in [1.82, 2.24) is 20.2 Å². The highest BCUT2D eigenvalue weighted by Gasteiger charge is 2.12. The number of nitrogens with one attached hydrogen (secondary N) is 1. The van der Waals surface area contributed by atoms with Gasteiger partial charge in [-0.05, 0) is 36.8 Å². The number of halogens is 2. The van der Waals surface area contributed by atoms with Gasteiger partial charge in [0, 0.05) is 11.2 Å². The Morgan fingerprint density at radius 2 is 2.00 bits per heavy atom. The van der Waals surface area contributed by atoms with Gasteiger partial charge >= 0.3 is 0 Å². The zero-order chi connectivity index (χ0) is 18.5. The van der Waals surface area contributed by atoms with Crippen LogP contribution in [0.3, 0.4) is 0 Å². The van der Waals surface area contributed by atoms with Crippen LogP contribution in [0.15, 0.2) is 53.8 Å². The molecule has 2 aromatic heterocycles. The van der Waals surface area contributed by atoms with Crippen LogP contribution in [0.25, 0.3) is 0 Å². The molecular formula is C18H15Cl2N5O. The molecule has 26 heavy (non-hydrogen) atoms. The molecule has 0 radical (unpaired) electrons. The number of nitrogens with zero attached hydrogens (tertiary/aromatic N) is 4. The summed E-state index contributed by atoms with van der Waals surface area (Å²) >= 11 is 12.3. The van der Waals surface area contributed by atoms with E-state index < -0.39 is 5.91 Å². The zero-order valence-electron chi connectivity index (χ0n) is 13.9. The number of aryl methyl sites for hydroxylation is 1. The van der Waals surface area contributed by atoms with Gasteiger partial charge in [0.2, 0.25) is 0 Å². The fourth-order valence-electron chi connectivity index (χ4n) is 2.29. The summed E-state index contributed by atoms with van der Waals surface area (Å²) in [5.41, 5.74) is 5.08. The number of carbonyl (C=O) groups is 1. The summed E-state index contributed by atoms with van der Waals surface area (Å²) in [4.78, 5) is 15.9. The van der Waals surface area contributed by atoms with Crippen molar-refractivity contribution in [1.29, 1.82) is 0 Å². The lowest BCUT2D eigenvalue weighted by molar-refractivity contribution is 0.0950. The van der Waals surface area contributed by atoms with Crippen LogP contribution in [0.1, 0.15) is 27.3 Å². The van der Waals surface area contributed by atoms with Gasteiger partial charge in [-0.2, -0.15) is 10.2 Å². The first-order valence-electron chi connectivity index (χ1n) is 7.76. The Labute approximate surface area is 160 Å². The SMILES string of the molecule is Cc1nn(Cc2ccc(Cl)cc2)c(Cl)c1/C=N\NC(=O)c1ccccn1. The molecule has 0 saturated carbocycles. The monoisotopic (exact) mass is 387 g/mol. The van der Waals surface area contributed by atoms with Gasteiger partial charge in [-0.25, -0.2) is 10.1 Å². The lowest BCUT2D eigenvalue weighted by Crippen LogP contribution is -2.18. The van der Waals surface area contributed by atoms with Crippen molar-refractivity contribution < 1.29 is 4.79 Å². The normalized spacial score (nSPS) is 11.0. The quantitative estimate of drug-likeness (QED) is 0.535. The highest BCUT2D eigenvalue weighted by molar-refractivity contribution is 6.32. The zero-order valence-corrected chi connectivity index (χ0v) is 15.4. The second-order valence-corrected chi connectivity index (χ2v) is 6.28. The molecule has 1 amide bonds. The maximum atomic E-state index is 11.9. The van der Waals surface area contributed by atoms with Crippen molar-refractivity contribution in [3.63, 3.8) is 0 Å². The number of hydrogen-bond donors (Lipinski definition) is 1. The Hall–Kier alpha value is -2.70. The summed E-state index contributed by atoms with van der Waals surface area (Å²) in [6, 6.07) is 12.5. The smallest absolute Gasteiger partial charge is 0.266 e. The minimum atomic E-state index is -0.399. The number of pyridine rings is 1. The Morgan fingerprint density at radius 3 is 2.69 bits per heavy atom. The van der Waals surface area contributed by atoms with Crippen molar-refractivity contribution in [3.05, 3.63) is 81.4 Å². The molecule has 2 heterocycles. The summed E-state index contributed by atoms with van der Waals surface area (Å²) in [7, 11) is 0. The maximum Gasteiger partial charge on any atom is 0.289 e.